The van der Waals surface area contributed by atoms with Gasteiger partial charge in [0.1, 0.15) is 11.6 Å². The van der Waals surface area contributed by atoms with Crippen molar-refractivity contribution in [3.05, 3.63) is 18.7 Å². The third-order valence-electron chi connectivity index (χ3n) is 3.84. The molecule has 2 rings (SSSR count). The first-order chi connectivity index (χ1) is 9.83. The Morgan fingerprint density at radius 3 is 2.62 bits per heavy atom. The fourth-order valence-corrected chi connectivity index (χ4v) is 2.81. The van der Waals surface area contributed by atoms with Crippen molar-refractivity contribution in [1.82, 2.24) is 19.8 Å². The predicted molar refractivity (Wildman–Crippen MR) is 79.4 cm³/mol. The minimum absolute atomic E-state index is 0.00793. The molecule has 1 unspecified atom stereocenters. The molecule has 2 amide bonds. The Bertz CT molecular complexity index is 508. The van der Waals surface area contributed by atoms with Gasteiger partial charge in [0.25, 0.3) is 0 Å². The number of carbonyl (C=O) groups is 2. The lowest BCUT2D eigenvalue weighted by Gasteiger charge is -2.44. The van der Waals surface area contributed by atoms with Crippen LogP contribution in [0.2, 0.25) is 0 Å². The maximum Gasteiger partial charge on any atom is 0.248 e. The number of rotatable bonds is 5. The highest BCUT2D eigenvalue weighted by Gasteiger charge is 2.45. The van der Waals surface area contributed by atoms with Crippen molar-refractivity contribution in [2.45, 2.75) is 52.2 Å². The van der Waals surface area contributed by atoms with E-state index in [0.717, 1.165) is 13.0 Å². The molecular formula is C15H24N4O2. The SMILES string of the molecule is CC(C)C1C(=O)NC(C)(C)C(=O)N1CCCn1ccnc1. The molecule has 0 aliphatic carbocycles. The number of hydrogen-bond acceptors (Lipinski definition) is 3. The van der Waals surface area contributed by atoms with Gasteiger partial charge in [0, 0.05) is 25.5 Å². The van der Waals surface area contributed by atoms with Crippen LogP contribution in [-0.4, -0.2) is 44.4 Å². The van der Waals surface area contributed by atoms with Crippen LogP contribution in [0.15, 0.2) is 18.7 Å². The van der Waals surface area contributed by atoms with Gasteiger partial charge in [-0.2, -0.15) is 0 Å². The maximum atomic E-state index is 12.6. The topological polar surface area (TPSA) is 67.2 Å². The maximum absolute atomic E-state index is 12.6. The number of hydrogen-bond donors (Lipinski definition) is 1. The van der Waals surface area contributed by atoms with Crippen molar-refractivity contribution in [2.75, 3.05) is 6.54 Å². The summed E-state index contributed by atoms with van der Waals surface area (Å²) in [5.41, 5.74) is -0.822. The molecule has 21 heavy (non-hydrogen) atoms. The zero-order valence-electron chi connectivity index (χ0n) is 13.2. The minimum Gasteiger partial charge on any atom is -0.340 e. The second kappa shape index (κ2) is 5.87. The lowest BCUT2D eigenvalue weighted by molar-refractivity contribution is -0.155. The van der Waals surface area contributed by atoms with Crippen LogP contribution in [0, 0.1) is 5.92 Å². The highest BCUT2D eigenvalue weighted by Crippen LogP contribution is 2.23. The molecule has 1 aliphatic heterocycles. The van der Waals surface area contributed by atoms with Crippen molar-refractivity contribution in [3.8, 4) is 0 Å². The number of carbonyl (C=O) groups excluding carboxylic acids is 2. The Morgan fingerprint density at radius 1 is 1.33 bits per heavy atom. The van der Waals surface area contributed by atoms with E-state index in [2.05, 4.69) is 10.3 Å². The molecule has 0 bridgehead atoms. The van der Waals surface area contributed by atoms with Crippen LogP contribution in [0.4, 0.5) is 0 Å². The summed E-state index contributed by atoms with van der Waals surface area (Å²) < 4.78 is 1.98. The number of aromatic nitrogens is 2. The highest BCUT2D eigenvalue weighted by molar-refractivity contribution is 5.99. The van der Waals surface area contributed by atoms with Crippen LogP contribution in [-0.2, 0) is 16.1 Å². The Labute approximate surface area is 125 Å². The Kier molecular flexibility index (Phi) is 4.34. The van der Waals surface area contributed by atoms with Gasteiger partial charge in [-0.3, -0.25) is 9.59 Å². The van der Waals surface area contributed by atoms with Gasteiger partial charge < -0.3 is 14.8 Å². The van der Waals surface area contributed by atoms with Crippen molar-refractivity contribution < 1.29 is 9.59 Å². The summed E-state index contributed by atoms with van der Waals surface area (Å²) in [6, 6.07) is -0.381. The fourth-order valence-electron chi connectivity index (χ4n) is 2.81. The zero-order valence-corrected chi connectivity index (χ0v) is 13.2. The number of imidazole rings is 1. The van der Waals surface area contributed by atoms with E-state index in [1.807, 2.05) is 24.6 Å². The van der Waals surface area contributed by atoms with Crippen LogP contribution < -0.4 is 5.32 Å². The summed E-state index contributed by atoms with van der Waals surface area (Å²) in [6.07, 6.45) is 6.19. The molecular weight excluding hydrogens is 268 g/mol. The third-order valence-corrected chi connectivity index (χ3v) is 3.84. The molecule has 1 aromatic heterocycles. The molecule has 1 fully saturated rings. The molecule has 1 saturated heterocycles. The van der Waals surface area contributed by atoms with Crippen LogP contribution in [0.5, 0.6) is 0 Å². The third kappa shape index (κ3) is 3.25. The standard InChI is InChI=1S/C15H24N4O2/c1-11(2)12-13(20)17-15(3,4)14(21)19(12)8-5-7-18-9-6-16-10-18/h6,9-12H,5,7-8H2,1-4H3,(H,17,20). The zero-order chi connectivity index (χ0) is 15.6. The molecule has 1 aromatic rings. The van der Waals surface area contributed by atoms with Crippen molar-refractivity contribution in [1.29, 1.82) is 0 Å². The van der Waals surface area contributed by atoms with Crippen LogP contribution in [0.1, 0.15) is 34.1 Å². The summed E-state index contributed by atoms with van der Waals surface area (Å²) in [6.45, 7) is 8.82. The molecule has 0 saturated carbocycles. The lowest BCUT2D eigenvalue weighted by Crippen LogP contribution is -2.69. The van der Waals surface area contributed by atoms with E-state index in [-0.39, 0.29) is 23.8 Å². The van der Waals surface area contributed by atoms with Crippen molar-refractivity contribution >= 4 is 11.8 Å². The monoisotopic (exact) mass is 292 g/mol. The number of nitrogens with one attached hydrogen (secondary N) is 1. The second-order valence-electron chi connectivity index (χ2n) is 6.46. The molecule has 116 valence electrons. The summed E-state index contributed by atoms with van der Waals surface area (Å²) in [5, 5.41) is 2.83. The number of aryl methyl sites for hydroxylation is 1. The van der Waals surface area contributed by atoms with Crippen LogP contribution in [0.3, 0.4) is 0 Å². The van der Waals surface area contributed by atoms with E-state index in [0.29, 0.717) is 6.54 Å². The average molecular weight is 292 g/mol. The summed E-state index contributed by atoms with van der Waals surface area (Å²) in [4.78, 5) is 30.6. The largest absolute Gasteiger partial charge is 0.340 e. The number of nitrogens with zero attached hydrogens (tertiary/aromatic N) is 3. The summed E-state index contributed by atoms with van der Waals surface area (Å²) in [5.74, 6) is 0.0296. The van der Waals surface area contributed by atoms with E-state index < -0.39 is 5.54 Å². The van der Waals surface area contributed by atoms with E-state index in [4.69, 9.17) is 0 Å². The van der Waals surface area contributed by atoms with E-state index in [1.165, 1.54) is 0 Å². The summed E-state index contributed by atoms with van der Waals surface area (Å²) in [7, 11) is 0. The van der Waals surface area contributed by atoms with E-state index in [1.54, 1.807) is 31.3 Å². The van der Waals surface area contributed by atoms with Gasteiger partial charge in [-0.15, -0.1) is 0 Å². The molecule has 1 aliphatic rings. The Balaban J connectivity index is 2.07. The Hall–Kier alpha value is -1.85. The summed E-state index contributed by atoms with van der Waals surface area (Å²) >= 11 is 0. The normalized spacial score (nSPS) is 21.8. The van der Waals surface area contributed by atoms with Gasteiger partial charge in [-0.05, 0) is 26.2 Å². The first-order valence-corrected chi connectivity index (χ1v) is 7.42. The molecule has 0 spiro atoms. The first-order valence-electron chi connectivity index (χ1n) is 7.42. The average Bonchev–Trinajstić information content (AvgIpc) is 2.87. The second-order valence-corrected chi connectivity index (χ2v) is 6.46. The highest BCUT2D eigenvalue weighted by atomic mass is 16.2. The van der Waals surface area contributed by atoms with Crippen molar-refractivity contribution in [2.24, 2.45) is 5.92 Å². The van der Waals surface area contributed by atoms with Crippen molar-refractivity contribution in [3.63, 3.8) is 0 Å². The Morgan fingerprint density at radius 2 is 2.05 bits per heavy atom. The molecule has 0 radical (unpaired) electrons. The van der Waals surface area contributed by atoms with Gasteiger partial charge in [0.05, 0.1) is 6.33 Å². The van der Waals surface area contributed by atoms with Gasteiger partial charge in [-0.25, -0.2) is 4.98 Å². The molecule has 1 atom stereocenters. The van der Waals surface area contributed by atoms with E-state index in [9.17, 15) is 9.59 Å². The van der Waals surface area contributed by atoms with Crippen LogP contribution >= 0.6 is 0 Å². The molecule has 6 nitrogen and oxygen atoms in total. The van der Waals surface area contributed by atoms with Gasteiger partial charge in [0.2, 0.25) is 11.8 Å². The molecule has 0 aromatic carbocycles. The van der Waals surface area contributed by atoms with Gasteiger partial charge in [0.15, 0.2) is 0 Å². The number of piperazine rings is 1. The molecule has 6 heteroatoms. The smallest absolute Gasteiger partial charge is 0.248 e. The quantitative estimate of drug-likeness (QED) is 0.881. The van der Waals surface area contributed by atoms with Gasteiger partial charge in [-0.1, -0.05) is 13.8 Å². The van der Waals surface area contributed by atoms with Crippen LogP contribution in [0.25, 0.3) is 0 Å². The fraction of sp³-hybridized carbons (Fsp3) is 0.667. The first kappa shape index (κ1) is 15.5. The minimum atomic E-state index is -0.822. The molecule has 2 heterocycles. The lowest BCUT2D eigenvalue weighted by atomic mass is 9.91. The molecule has 1 N–H and O–H groups in total. The predicted octanol–water partition coefficient (Wildman–Crippen LogP) is 1.03. The van der Waals surface area contributed by atoms with Gasteiger partial charge >= 0.3 is 0 Å². The number of amides is 2. The van der Waals surface area contributed by atoms with E-state index >= 15 is 0 Å².